The maximum absolute atomic E-state index is 5.52. The zero-order valence-electron chi connectivity index (χ0n) is 14.1. The van der Waals surface area contributed by atoms with Crippen LogP contribution >= 0.6 is 12.2 Å². The van der Waals surface area contributed by atoms with Gasteiger partial charge >= 0.3 is 0 Å². The van der Waals surface area contributed by atoms with Crippen molar-refractivity contribution in [1.29, 1.82) is 0 Å². The molecular weight excluding hydrogens is 326 g/mol. The predicted molar refractivity (Wildman–Crippen MR) is 110 cm³/mol. The minimum Gasteiger partial charge on any atom is -0.331 e. The lowest BCUT2D eigenvalue weighted by molar-refractivity contribution is 0.769. The highest BCUT2D eigenvalue weighted by Crippen LogP contribution is 2.16. The first-order valence-corrected chi connectivity index (χ1v) is 8.63. The molecule has 0 atom stereocenters. The van der Waals surface area contributed by atoms with E-state index in [2.05, 4.69) is 48.0 Å². The van der Waals surface area contributed by atoms with Crippen LogP contribution in [0.5, 0.6) is 0 Å². The molecule has 3 nitrogen and oxygen atoms in total. The molecule has 126 valence electrons. The number of hydrazine groups is 1. The number of anilines is 2. The van der Waals surface area contributed by atoms with E-state index in [1.807, 2.05) is 59.6 Å². The second-order valence-electron chi connectivity index (χ2n) is 5.79. The summed E-state index contributed by atoms with van der Waals surface area (Å²) in [5.41, 5.74) is 7.73. The predicted octanol–water partition coefficient (Wildman–Crippen LogP) is 4.90. The summed E-state index contributed by atoms with van der Waals surface area (Å²) < 4.78 is 0. The van der Waals surface area contributed by atoms with E-state index in [1.165, 1.54) is 5.56 Å². The van der Waals surface area contributed by atoms with E-state index in [1.54, 1.807) is 0 Å². The maximum atomic E-state index is 5.52. The highest BCUT2D eigenvalue weighted by atomic mass is 32.1. The number of nitrogens with zero attached hydrogens (tertiary/aromatic N) is 1. The molecule has 0 saturated carbocycles. The highest BCUT2D eigenvalue weighted by molar-refractivity contribution is 7.80. The molecule has 2 N–H and O–H groups in total. The van der Waals surface area contributed by atoms with E-state index in [9.17, 15) is 0 Å². The number of para-hydroxylation sites is 2. The summed E-state index contributed by atoms with van der Waals surface area (Å²) >= 11 is 5.52. The number of thiocarbonyl (C=S) groups is 1. The molecule has 0 amide bonds. The fraction of sp³-hybridized carbons (Fsp3) is 0.0952. The average molecular weight is 347 g/mol. The monoisotopic (exact) mass is 347 g/mol. The smallest absolute Gasteiger partial charge is 0.189 e. The molecule has 3 aromatic carbocycles. The van der Waals surface area contributed by atoms with Crippen LogP contribution in [-0.4, -0.2) is 5.11 Å². The topological polar surface area (TPSA) is 27.3 Å². The lowest BCUT2D eigenvalue weighted by atomic mass is 10.2. The van der Waals surface area contributed by atoms with E-state index < -0.39 is 0 Å². The van der Waals surface area contributed by atoms with Crippen LogP contribution in [0, 0.1) is 6.92 Å². The first kappa shape index (κ1) is 17.0. The zero-order valence-corrected chi connectivity index (χ0v) is 15.0. The number of hydrogen-bond acceptors (Lipinski definition) is 2. The van der Waals surface area contributed by atoms with Gasteiger partial charge in [0, 0.05) is 5.69 Å². The molecule has 25 heavy (non-hydrogen) atoms. The van der Waals surface area contributed by atoms with Gasteiger partial charge in [0.25, 0.3) is 0 Å². The van der Waals surface area contributed by atoms with Crippen molar-refractivity contribution < 1.29 is 0 Å². The van der Waals surface area contributed by atoms with Gasteiger partial charge in [-0.2, -0.15) is 0 Å². The summed E-state index contributed by atoms with van der Waals surface area (Å²) in [6.07, 6.45) is 0. The molecule has 0 radical (unpaired) electrons. The lowest BCUT2D eigenvalue weighted by Crippen LogP contribution is -2.44. The zero-order chi connectivity index (χ0) is 17.5. The molecule has 0 aliphatic rings. The molecule has 4 heteroatoms. The Balaban J connectivity index is 1.75. The maximum Gasteiger partial charge on any atom is 0.189 e. The van der Waals surface area contributed by atoms with Crippen molar-refractivity contribution in [2.75, 3.05) is 10.3 Å². The van der Waals surface area contributed by atoms with Crippen LogP contribution < -0.4 is 15.8 Å². The number of benzene rings is 3. The van der Waals surface area contributed by atoms with Crippen LogP contribution in [0.2, 0.25) is 0 Å². The molecule has 0 unspecified atom stereocenters. The average Bonchev–Trinajstić information content (AvgIpc) is 2.65. The van der Waals surface area contributed by atoms with Gasteiger partial charge in [0.15, 0.2) is 5.11 Å². The minimum atomic E-state index is 0.564. The molecule has 0 bridgehead atoms. The Kier molecular flexibility index (Phi) is 5.65. The van der Waals surface area contributed by atoms with Crippen LogP contribution in [0.4, 0.5) is 11.4 Å². The fourth-order valence-electron chi connectivity index (χ4n) is 2.56. The number of nitrogens with one attached hydrogen (secondary N) is 2. The summed E-state index contributed by atoms with van der Waals surface area (Å²) in [6, 6.07) is 28.6. The van der Waals surface area contributed by atoms with Crippen molar-refractivity contribution in [3.05, 3.63) is 96.1 Å². The summed E-state index contributed by atoms with van der Waals surface area (Å²) in [5.74, 6) is 0. The van der Waals surface area contributed by atoms with Crippen molar-refractivity contribution in [1.82, 2.24) is 5.43 Å². The Labute approximate surface area is 154 Å². The first-order valence-electron chi connectivity index (χ1n) is 8.22. The minimum absolute atomic E-state index is 0.564. The first-order chi connectivity index (χ1) is 12.2. The van der Waals surface area contributed by atoms with Crippen molar-refractivity contribution >= 4 is 28.7 Å². The van der Waals surface area contributed by atoms with E-state index >= 15 is 0 Å². The van der Waals surface area contributed by atoms with E-state index in [-0.39, 0.29) is 0 Å². The van der Waals surface area contributed by atoms with Crippen molar-refractivity contribution in [2.24, 2.45) is 0 Å². The molecule has 0 saturated heterocycles. The Morgan fingerprint density at radius 2 is 1.44 bits per heavy atom. The number of rotatable bonds is 5. The van der Waals surface area contributed by atoms with Gasteiger partial charge < -0.3 is 5.32 Å². The van der Waals surface area contributed by atoms with Gasteiger partial charge in [0.2, 0.25) is 0 Å². The normalized spacial score (nSPS) is 10.1. The second kappa shape index (κ2) is 8.31. The number of aryl methyl sites for hydroxylation is 1. The van der Waals surface area contributed by atoms with Gasteiger partial charge in [0.05, 0.1) is 12.2 Å². The molecule has 0 heterocycles. The Bertz CT molecular complexity index is 819. The van der Waals surface area contributed by atoms with Gasteiger partial charge in [-0.3, -0.25) is 10.4 Å². The Hall–Kier alpha value is -2.85. The third kappa shape index (κ3) is 4.81. The molecule has 0 aliphatic carbocycles. The third-order valence-corrected chi connectivity index (χ3v) is 4.07. The largest absolute Gasteiger partial charge is 0.331 e. The number of hydrogen-bond donors (Lipinski definition) is 2. The van der Waals surface area contributed by atoms with E-state index in [0.717, 1.165) is 16.9 Å². The molecule has 0 fully saturated rings. The summed E-state index contributed by atoms with van der Waals surface area (Å²) in [4.78, 5) is 0. The highest BCUT2D eigenvalue weighted by Gasteiger charge is 2.09. The van der Waals surface area contributed by atoms with E-state index in [4.69, 9.17) is 12.2 Å². The lowest BCUT2D eigenvalue weighted by Gasteiger charge is -2.27. The van der Waals surface area contributed by atoms with Crippen molar-refractivity contribution in [3.63, 3.8) is 0 Å². The van der Waals surface area contributed by atoms with Gasteiger partial charge in [0.1, 0.15) is 0 Å². The molecule has 0 aliphatic heterocycles. The van der Waals surface area contributed by atoms with Gasteiger partial charge in [-0.15, -0.1) is 0 Å². The van der Waals surface area contributed by atoms with Crippen molar-refractivity contribution in [2.45, 2.75) is 13.5 Å². The van der Waals surface area contributed by atoms with Crippen LogP contribution in [0.25, 0.3) is 0 Å². The summed E-state index contributed by atoms with van der Waals surface area (Å²) in [5, 5.41) is 5.88. The molecule has 3 aromatic rings. The third-order valence-electron chi connectivity index (χ3n) is 3.88. The Morgan fingerprint density at radius 3 is 2.12 bits per heavy atom. The standard InChI is InChI=1S/C21H21N3S/c1-17-10-8-9-15-20(17)22-21(25)23-24(19-13-6-3-7-14-19)16-18-11-4-2-5-12-18/h2-15H,16H2,1H3,(H2,22,23,25). The van der Waals surface area contributed by atoms with Crippen LogP contribution in [0.1, 0.15) is 11.1 Å². The van der Waals surface area contributed by atoms with Crippen LogP contribution in [0.15, 0.2) is 84.9 Å². The molecule has 0 spiro atoms. The van der Waals surface area contributed by atoms with Crippen molar-refractivity contribution in [3.8, 4) is 0 Å². The Morgan fingerprint density at radius 1 is 0.840 bits per heavy atom. The molecular formula is C21H21N3S. The quantitative estimate of drug-likeness (QED) is 0.507. The SMILES string of the molecule is Cc1ccccc1NC(=S)NN(Cc1ccccc1)c1ccccc1. The molecule has 3 rings (SSSR count). The van der Waals surface area contributed by atoms with Crippen LogP contribution in [0.3, 0.4) is 0 Å². The molecule has 0 aromatic heterocycles. The van der Waals surface area contributed by atoms with Gasteiger partial charge in [-0.05, 0) is 48.5 Å². The second-order valence-corrected chi connectivity index (χ2v) is 6.20. The summed E-state index contributed by atoms with van der Waals surface area (Å²) in [7, 11) is 0. The van der Waals surface area contributed by atoms with Crippen LogP contribution in [-0.2, 0) is 6.54 Å². The van der Waals surface area contributed by atoms with Gasteiger partial charge in [-0.1, -0.05) is 66.7 Å². The fourth-order valence-corrected chi connectivity index (χ4v) is 2.78. The summed E-state index contributed by atoms with van der Waals surface area (Å²) in [6.45, 7) is 2.77. The van der Waals surface area contributed by atoms with Gasteiger partial charge in [-0.25, -0.2) is 0 Å². The van der Waals surface area contributed by atoms with E-state index in [0.29, 0.717) is 11.7 Å².